The first kappa shape index (κ1) is 12.4. The van der Waals surface area contributed by atoms with E-state index in [1.54, 1.807) is 19.1 Å². The molecule has 0 aliphatic heterocycles. The summed E-state index contributed by atoms with van der Waals surface area (Å²) in [5.74, 6) is -1.58. The van der Waals surface area contributed by atoms with Gasteiger partial charge in [0.25, 0.3) is 0 Å². The van der Waals surface area contributed by atoms with E-state index in [-0.39, 0.29) is 12.2 Å². The van der Waals surface area contributed by atoms with Gasteiger partial charge >= 0.3 is 5.97 Å². The van der Waals surface area contributed by atoms with Crippen LogP contribution in [0, 0.1) is 12.8 Å². The Bertz CT molecular complexity index is 379. The first-order valence-electron chi connectivity index (χ1n) is 5.37. The van der Waals surface area contributed by atoms with Gasteiger partial charge in [-0.3, -0.25) is 9.59 Å². The molecular formula is C13H16O3. The SMILES string of the molecule is CCC(CC(=O)c1ccc(C)cc1)C(=O)O. The summed E-state index contributed by atoms with van der Waals surface area (Å²) in [5.41, 5.74) is 1.67. The molecule has 1 N–H and O–H groups in total. The van der Waals surface area contributed by atoms with Crippen molar-refractivity contribution in [2.24, 2.45) is 5.92 Å². The Morgan fingerprint density at radius 2 is 1.81 bits per heavy atom. The Hall–Kier alpha value is -1.64. The van der Waals surface area contributed by atoms with Crippen LogP contribution in [-0.4, -0.2) is 16.9 Å². The van der Waals surface area contributed by atoms with Gasteiger partial charge in [0.15, 0.2) is 5.78 Å². The number of hydrogen-bond donors (Lipinski definition) is 1. The van der Waals surface area contributed by atoms with E-state index in [1.807, 2.05) is 19.1 Å². The van der Waals surface area contributed by atoms with Gasteiger partial charge in [-0.1, -0.05) is 36.8 Å². The highest BCUT2D eigenvalue weighted by atomic mass is 16.4. The Morgan fingerprint density at radius 1 is 1.25 bits per heavy atom. The van der Waals surface area contributed by atoms with E-state index in [0.717, 1.165) is 5.56 Å². The van der Waals surface area contributed by atoms with Crippen molar-refractivity contribution in [2.75, 3.05) is 0 Å². The van der Waals surface area contributed by atoms with Crippen LogP contribution in [0.25, 0.3) is 0 Å². The lowest BCUT2D eigenvalue weighted by molar-refractivity contribution is -0.141. The fourth-order valence-electron chi connectivity index (χ4n) is 1.49. The standard InChI is InChI=1S/C13H16O3/c1-3-10(13(15)16)8-12(14)11-6-4-9(2)5-7-11/h4-7,10H,3,8H2,1-2H3,(H,15,16). The highest BCUT2D eigenvalue weighted by Crippen LogP contribution is 2.14. The summed E-state index contributed by atoms with van der Waals surface area (Å²) < 4.78 is 0. The van der Waals surface area contributed by atoms with Crippen molar-refractivity contribution in [3.05, 3.63) is 35.4 Å². The van der Waals surface area contributed by atoms with Crippen molar-refractivity contribution in [1.29, 1.82) is 0 Å². The van der Waals surface area contributed by atoms with E-state index >= 15 is 0 Å². The lowest BCUT2D eigenvalue weighted by Crippen LogP contribution is -2.17. The molecule has 1 unspecified atom stereocenters. The van der Waals surface area contributed by atoms with E-state index in [1.165, 1.54) is 0 Å². The van der Waals surface area contributed by atoms with Crippen molar-refractivity contribution in [3.63, 3.8) is 0 Å². The molecule has 0 aromatic heterocycles. The predicted octanol–water partition coefficient (Wildman–Crippen LogP) is 2.68. The molecule has 0 bridgehead atoms. The van der Waals surface area contributed by atoms with Crippen molar-refractivity contribution in [3.8, 4) is 0 Å². The second kappa shape index (κ2) is 5.45. The fourth-order valence-corrected chi connectivity index (χ4v) is 1.49. The first-order valence-corrected chi connectivity index (χ1v) is 5.37. The number of ketones is 1. The molecule has 0 saturated heterocycles. The minimum absolute atomic E-state index is 0.0783. The van der Waals surface area contributed by atoms with Crippen LogP contribution >= 0.6 is 0 Å². The van der Waals surface area contributed by atoms with Crippen LogP contribution in [0.4, 0.5) is 0 Å². The highest BCUT2D eigenvalue weighted by molar-refractivity contribution is 5.97. The summed E-state index contributed by atoms with van der Waals surface area (Å²) in [6.07, 6.45) is 0.557. The molecule has 0 aliphatic rings. The molecule has 0 heterocycles. The molecule has 1 aromatic carbocycles. The van der Waals surface area contributed by atoms with Crippen molar-refractivity contribution in [1.82, 2.24) is 0 Å². The molecule has 0 aliphatic carbocycles. The van der Waals surface area contributed by atoms with Gasteiger partial charge in [0.05, 0.1) is 5.92 Å². The number of aryl methyl sites for hydroxylation is 1. The monoisotopic (exact) mass is 220 g/mol. The minimum atomic E-state index is -0.900. The fraction of sp³-hybridized carbons (Fsp3) is 0.385. The molecule has 3 nitrogen and oxygen atoms in total. The van der Waals surface area contributed by atoms with Gasteiger partial charge in [0.1, 0.15) is 0 Å². The normalized spacial score (nSPS) is 12.1. The molecule has 1 aromatic rings. The maximum absolute atomic E-state index is 11.8. The summed E-state index contributed by atoms with van der Waals surface area (Å²) in [6.45, 7) is 3.72. The Morgan fingerprint density at radius 3 is 2.25 bits per heavy atom. The van der Waals surface area contributed by atoms with E-state index in [2.05, 4.69) is 0 Å². The van der Waals surface area contributed by atoms with Gasteiger partial charge < -0.3 is 5.11 Å². The zero-order chi connectivity index (χ0) is 12.1. The van der Waals surface area contributed by atoms with Crippen LogP contribution < -0.4 is 0 Å². The molecule has 0 radical (unpaired) electrons. The van der Waals surface area contributed by atoms with Crippen LogP contribution in [0.5, 0.6) is 0 Å². The van der Waals surface area contributed by atoms with Crippen LogP contribution in [0.3, 0.4) is 0 Å². The van der Waals surface area contributed by atoms with Gasteiger partial charge in [0.2, 0.25) is 0 Å². The van der Waals surface area contributed by atoms with Crippen LogP contribution in [0.1, 0.15) is 35.7 Å². The summed E-state index contributed by atoms with van der Waals surface area (Å²) in [6, 6.07) is 7.20. The Balaban J connectivity index is 2.71. The average molecular weight is 220 g/mol. The lowest BCUT2D eigenvalue weighted by atomic mass is 9.96. The second-order valence-electron chi connectivity index (χ2n) is 3.94. The van der Waals surface area contributed by atoms with E-state index < -0.39 is 11.9 Å². The molecule has 3 heteroatoms. The minimum Gasteiger partial charge on any atom is -0.481 e. The van der Waals surface area contributed by atoms with Crippen molar-refractivity contribution >= 4 is 11.8 Å². The maximum atomic E-state index is 11.8. The average Bonchev–Trinajstić information content (AvgIpc) is 2.26. The molecule has 1 atom stereocenters. The summed E-state index contributed by atoms with van der Waals surface area (Å²) in [5, 5.41) is 8.86. The third-order valence-electron chi connectivity index (χ3n) is 2.65. The van der Waals surface area contributed by atoms with E-state index in [9.17, 15) is 9.59 Å². The van der Waals surface area contributed by atoms with Crippen molar-refractivity contribution < 1.29 is 14.7 Å². The second-order valence-corrected chi connectivity index (χ2v) is 3.94. The number of rotatable bonds is 5. The van der Waals surface area contributed by atoms with Crippen LogP contribution in [-0.2, 0) is 4.79 Å². The number of carboxylic acids is 1. The molecule has 86 valence electrons. The first-order chi connectivity index (χ1) is 7.54. The third kappa shape index (κ3) is 3.19. The predicted molar refractivity (Wildman–Crippen MR) is 61.5 cm³/mol. The van der Waals surface area contributed by atoms with Gasteiger partial charge in [0, 0.05) is 12.0 Å². The molecule has 0 spiro atoms. The molecule has 0 amide bonds. The molecule has 0 saturated carbocycles. The molecular weight excluding hydrogens is 204 g/mol. The summed E-state index contributed by atoms with van der Waals surface area (Å²) in [4.78, 5) is 22.6. The summed E-state index contributed by atoms with van der Waals surface area (Å²) in [7, 11) is 0. The Kier molecular flexibility index (Phi) is 4.23. The van der Waals surface area contributed by atoms with Crippen LogP contribution in [0.2, 0.25) is 0 Å². The third-order valence-corrected chi connectivity index (χ3v) is 2.65. The number of aliphatic carboxylic acids is 1. The summed E-state index contributed by atoms with van der Waals surface area (Å²) >= 11 is 0. The zero-order valence-corrected chi connectivity index (χ0v) is 9.56. The zero-order valence-electron chi connectivity index (χ0n) is 9.56. The van der Waals surface area contributed by atoms with Crippen molar-refractivity contribution in [2.45, 2.75) is 26.7 Å². The van der Waals surface area contributed by atoms with E-state index in [4.69, 9.17) is 5.11 Å². The quantitative estimate of drug-likeness (QED) is 0.776. The molecule has 0 fully saturated rings. The smallest absolute Gasteiger partial charge is 0.306 e. The highest BCUT2D eigenvalue weighted by Gasteiger charge is 2.19. The topological polar surface area (TPSA) is 54.4 Å². The van der Waals surface area contributed by atoms with Crippen LogP contribution in [0.15, 0.2) is 24.3 Å². The van der Waals surface area contributed by atoms with Gasteiger partial charge in [-0.2, -0.15) is 0 Å². The van der Waals surface area contributed by atoms with Gasteiger partial charge in [-0.25, -0.2) is 0 Å². The van der Waals surface area contributed by atoms with Gasteiger partial charge in [-0.05, 0) is 13.3 Å². The molecule has 16 heavy (non-hydrogen) atoms. The van der Waals surface area contributed by atoms with E-state index in [0.29, 0.717) is 12.0 Å². The Labute approximate surface area is 95.1 Å². The molecule has 1 rings (SSSR count). The number of Topliss-reactive ketones (excluding diaryl/α,β-unsaturated/α-hetero) is 1. The number of benzene rings is 1. The maximum Gasteiger partial charge on any atom is 0.306 e. The number of carbonyl (C=O) groups excluding carboxylic acids is 1. The number of carbonyl (C=O) groups is 2. The largest absolute Gasteiger partial charge is 0.481 e. The number of hydrogen-bond acceptors (Lipinski definition) is 2. The lowest BCUT2D eigenvalue weighted by Gasteiger charge is -2.08. The van der Waals surface area contributed by atoms with Gasteiger partial charge in [-0.15, -0.1) is 0 Å². The number of carboxylic acid groups (broad SMARTS) is 1.